The molecule has 0 saturated heterocycles. The van der Waals surface area contributed by atoms with Crippen molar-refractivity contribution < 1.29 is 9.53 Å². The number of amides is 1. The number of nitrogens with two attached hydrogens (primary N) is 1. The second kappa shape index (κ2) is 7.14. The van der Waals surface area contributed by atoms with Crippen LogP contribution in [0.5, 0.6) is 5.75 Å². The maximum Gasteiger partial charge on any atom is 0.251 e. The average molecular weight is 282 g/mol. The molecule has 0 aliphatic heterocycles. The first-order valence-corrected chi connectivity index (χ1v) is 6.66. The fourth-order valence-electron chi connectivity index (χ4n) is 1.82. The number of rotatable bonds is 6. The molecule has 0 unspecified atom stereocenters. The van der Waals surface area contributed by atoms with E-state index in [1.54, 1.807) is 24.3 Å². The van der Waals surface area contributed by atoms with Crippen LogP contribution in [0.2, 0.25) is 0 Å². The van der Waals surface area contributed by atoms with Crippen molar-refractivity contribution in [3.8, 4) is 5.75 Å². The Balaban J connectivity index is 2.02. The van der Waals surface area contributed by atoms with E-state index in [-0.39, 0.29) is 5.91 Å². The Morgan fingerprint density at radius 1 is 1.24 bits per heavy atom. The van der Waals surface area contributed by atoms with Gasteiger partial charge in [-0.2, -0.15) is 0 Å². The molecule has 2 aromatic carbocycles. The minimum atomic E-state index is -0.184. The zero-order chi connectivity index (χ0) is 15.1. The van der Waals surface area contributed by atoms with Gasteiger partial charge in [0.25, 0.3) is 5.91 Å². The van der Waals surface area contributed by atoms with E-state index in [4.69, 9.17) is 10.5 Å². The Kier molecular flexibility index (Phi) is 4.99. The molecule has 0 heterocycles. The van der Waals surface area contributed by atoms with Crippen molar-refractivity contribution >= 4 is 11.6 Å². The summed E-state index contributed by atoms with van der Waals surface area (Å²) in [6.07, 6.45) is 1.62. The number of nitrogens with one attached hydrogen (secondary N) is 1. The van der Waals surface area contributed by atoms with E-state index in [9.17, 15) is 4.79 Å². The zero-order valence-corrected chi connectivity index (χ0v) is 11.7. The van der Waals surface area contributed by atoms with Gasteiger partial charge in [-0.05, 0) is 23.8 Å². The molecule has 4 nitrogen and oxygen atoms in total. The third kappa shape index (κ3) is 4.11. The summed E-state index contributed by atoms with van der Waals surface area (Å²) in [6.45, 7) is 4.41. The highest BCUT2D eigenvalue weighted by Crippen LogP contribution is 2.23. The van der Waals surface area contributed by atoms with Gasteiger partial charge in [-0.25, -0.2) is 0 Å². The first kappa shape index (κ1) is 14.7. The largest absolute Gasteiger partial charge is 0.487 e. The third-order valence-electron chi connectivity index (χ3n) is 2.92. The van der Waals surface area contributed by atoms with Gasteiger partial charge in [0, 0.05) is 12.1 Å². The van der Waals surface area contributed by atoms with Gasteiger partial charge < -0.3 is 15.8 Å². The Bertz CT molecular complexity index is 624. The summed E-state index contributed by atoms with van der Waals surface area (Å²) < 4.78 is 5.67. The van der Waals surface area contributed by atoms with E-state index >= 15 is 0 Å². The van der Waals surface area contributed by atoms with Crippen molar-refractivity contribution in [2.45, 2.75) is 6.61 Å². The number of hydrogen-bond acceptors (Lipinski definition) is 3. The second-order valence-corrected chi connectivity index (χ2v) is 4.53. The highest BCUT2D eigenvalue weighted by Gasteiger charge is 2.08. The topological polar surface area (TPSA) is 64.3 Å². The molecular weight excluding hydrogens is 264 g/mol. The van der Waals surface area contributed by atoms with E-state index < -0.39 is 0 Å². The van der Waals surface area contributed by atoms with E-state index in [1.165, 1.54) is 0 Å². The smallest absolute Gasteiger partial charge is 0.251 e. The highest BCUT2D eigenvalue weighted by atomic mass is 16.5. The van der Waals surface area contributed by atoms with Crippen LogP contribution in [0.4, 0.5) is 5.69 Å². The fourth-order valence-corrected chi connectivity index (χ4v) is 1.82. The van der Waals surface area contributed by atoms with Gasteiger partial charge in [-0.15, -0.1) is 6.58 Å². The molecule has 0 aromatic heterocycles. The molecule has 4 heteroatoms. The summed E-state index contributed by atoms with van der Waals surface area (Å²) in [6, 6.07) is 14.8. The summed E-state index contributed by atoms with van der Waals surface area (Å²) in [7, 11) is 0. The molecule has 21 heavy (non-hydrogen) atoms. The van der Waals surface area contributed by atoms with Crippen molar-refractivity contribution in [1.82, 2.24) is 5.32 Å². The van der Waals surface area contributed by atoms with E-state index in [1.807, 2.05) is 30.3 Å². The van der Waals surface area contributed by atoms with Gasteiger partial charge in [0.15, 0.2) is 0 Å². The predicted octanol–water partition coefficient (Wildman–Crippen LogP) is 2.76. The SMILES string of the molecule is C=CCNC(=O)c1ccc(OCc2ccccc2)c(N)c1. The molecule has 108 valence electrons. The van der Waals surface area contributed by atoms with Crippen LogP contribution in [-0.4, -0.2) is 12.5 Å². The van der Waals surface area contributed by atoms with Gasteiger partial charge in [0.05, 0.1) is 5.69 Å². The molecule has 0 aliphatic rings. The van der Waals surface area contributed by atoms with Crippen LogP contribution in [0.25, 0.3) is 0 Å². The number of anilines is 1. The maximum absolute atomic E-state index is 11.8. The predicted molar refractivity (Wildman–Crippen MR) is 84.2 cm³/mol. The summed E-state index contributed by atoms with van der Waals surface area (Å²) in [5.41, 5.74) is 7.93. The second-order valence-electron chi connectivity index (χ2n) is 4.53. The molecule has 0 radical (unpaired) electrons. The standard InChI is InChI=1S/C17H18N2O2/c1-2-10-19-17(20)14-8-9-16(15(18)11-14)21-12-13-6-4-3-5-7-13/h2-9,11H,1,10,12,18H2,(H,19,20). The first-order chi connectivity index (χ1) is 10.2. The van der Waals surface area contributed by atoms with Crippen LogP contribution in [-0.2, 0) is 6.61 Å². The summed E-state index contributed by atoms with van der Waals surface area (Å²) >= 11 is 0. The molecule has 2 aromatic rings. The lowest BCUT2D eigenvalue weighted by Crippen LogP contribution is -2.23. The Hall–Kier alpha value is -2.75. The van der Waals surface area contributed by atoms with Crippen LogP contribution >= 0.6 is 0 Å². The number of carbonyl (C=O) groups excluding carboxylic acids is 1. The number of benzene rings is 2. The van der Waals surface area contributed by atoms with Crippen molar-refractivity contribution in [1.29, 1.82) is 0 Å². The first-order valence-electron chi connectivity index (χ1n) is 6.66. The van der Waals surface area contributed by atoms with Gasteiger partial charge in [0.2, 0.25) is 0 Å². The minimum Gasteiger partial charge on any atom is -0.487 e. The lowest BCUT2D eigenvalue weighted by molar-refractivity contribution is 0.0958. The lowest BCUT2D eigenvalue weighted by Gasteiger charge is -2.10. The summed E-state index contributed by atoms with van der Waals surface area (Å²) in [5.74, 6) is 0.385. The fraction of sp³-hybridized carbons (Fsp3) is 0.118. The number of hydrogen-bond donors (Lipinski definition) is 2. The summed E-state index contributed by atoms with van der Waals surface area (Å²) in [4.78, 5) is 11.8. The Morgan fingerprint density at radius 2 is 2.00 bits per heavy atom. The Morgan fingerprint density at radius 3 is 2.67 bits per heavy atom. The number of ether oxygens (including phenoxy) is 1. The van der Waals surface area contributed by atoms with E-state index in [0.717, 1.165) is 5.56 Å². The van der Waals surface area contributed by atoms with Crippen molar-refractivity contribution in [2.24, 2.45) is 0 Å². The van der Waals surface area contributed by atoms with Crippen LogP contribution in [0.3, 0.4) is 0 Å². The molecule has 2 rings (SSSR count). The van der Waals surface area contributed by atoms with Crippen LogP contribution in [0, 0.1) is 0 Å². The van der Waals surface area contributed by atoms with Gasteiger partial charge in [-0.3, -0.25) is 4.79 Å². The van der Waals surface area contributed by atoms with E-state index in [0.29, 0.717) is 30.2 Å². The van der Waals surface area contributed by atoms with Crippen LogP contribution < -0.4 is 15.8 Å². The molecule has 1 amide bonds. The molecule has 0 fully saturated rings. The van der Waals surface area contributed by atoms with Crippen molar-refractivity contribution in [3.05, 3.63) is 72.3 Å². The van der Waals surface area contributed by atoms with Gasteiger partial charge >= 0.3 is 0 Å². The van der Waals surface area contributed by atoms with E-state index in [2.05, 4.69) is 11.9 Å². The highest BCUT2D eigenvalue weighted by molar-refractivity contribution is 5.95. The third-order valence-corrected chi connectivity index (χ3v) is 2.92. The monoisotopic (exact) mass is 282 g/mol. The van der Waals surface area contributed by atoms with Crippen molar-refractivity contribution in [2.75, 3.05) is 12.3 Å². The maximum atomic E-state index is 11.8. The minimum absolute atomic E-state index is 0.184. The molecule has 0 atom stereocenters. The lowest BCUT2D eigenvalue weighted by atomic mass is 10.1. The average Bonchev–Trinajstić information content (AvgIpc) is 2.52. The van der Waals surface area contributed by atoms with Crippen LogP contribution in [0.1, 0.15) is 15.9 Å². The van der Waals surface area contributed by atoms with Crippen LogP contribution in [0.15, 0.2) is 61.2 Å². The van der Waals surface area contributed by atoms with Gasteiger partial charge in [0.1, 0.15) is 12.4 Å². The number of nitrogen functional groups attached to an aromatic ring is 1. The van der Waals surface area contributed by atoms with Crippen molar-refractivity contribution in [3.63, 3.8) is 0 Å². The molecule has 0 saturated carbocycles. The molecule has 0 bridgehead atoms. The quantitative estimate of drug-likeness (QED) is 0.632. The molecule has 0 spiro atoms. The molecule has 0 aliphatic carbocycles. The Labute approximate surface area is 124 Å². The number of carbonyl (C=O) groups is 1. The van der Waals surface area contributed by atoms with Gasteiger partial charge in [-0.1, -0.05) is 36.4 Å². The molecule has 3 N–H and O–H groups in total. The summed E-state index contributed by atoms with van der Waals surface area (Å²) in [5, 5.41) is 2.70. The normalized spacial score (nSPS) is 9.90. The molecular formula is C17H18N2O2. The zero-order valence-electron chi connectivity index (χ0n) is 11.7.